The van der Waals surface area contributed by atoms with Crippen LogP contribution in [0.25, 0.3) is 11.5 Å². The van der Waals surface area contributed by atoms with Gasteiger partial charge in [-0.2, -0.15) is 13.2 Å². The lowest BCUT2D eigenvalue weighted by Crippen LogP contribution is -2.46. The van der Waals surface area contributed by atoms with Crippen LogP contribution in [-0.2, 0) is 0 Å². The third kappa shape index (κ3) is 3.66. The fourth-order valence-corrected chi connectivity index (χ4v) is 2.66. The minimum Gasteiger partial charge on any atom is -0.423 e. The average molecular weight is 340 g/mol. The zero-order chi connectivity index (χ0) is 17.2. The summed E-state index contributed by atoms with van der Waals surface area (Å²) in [5.41, 5.74) is 1.06. The number of aromatic nitrogens is 2. The van der Waals surface area contributed by atoms with E-state index in [0.29, 0.717) is 30.1 Å². The van der Waals surface area contributed by atoms with E-state index >= 15 is 0 Å². The van der Waals surface area contributed by atoms with Gasteiger partial charge in [-0.25, -0.2) is 4.79 Å². The smallest absolute Gasteiger partial charge is 0.393 e. The molecule has 0 radical (unpaired) electrons. The number of piperidine rings is 1. The molecule has 2 heterocycles. The molecule has 0 saturated carbocycles. The fraction of sp³-hybridized carbons (Fsp3) is 0.400. The van der Waals surface area contributed by atoms with Crippen molar-refractivity contribution >= 4 is 11.7 Å². The number of benzene rings is 1. The zero-order valence-electron chi connectivity index (χ0n) is 12.6. The second-order valence-corrected chi connectivity index (χ2v) is 5.58. The molecule has 1 aliphatic heterocycles. The molecule has 1 atom stereocenters. The Balaban J connectivity index is 1.68. The first-order valence-electron chi connectivity index (χ1n) is 7.43. The lowest BCUT2D eigenvalue weighted by Gasteiger charge is -2.33. The predicted molar refractivity (Wildman–Crippen MR) is 79.1 cm³/mol. The van der Waals surface area contributed by atoms with Gasteiger partial charge >= 0.3 is 12.2 Å². The van der Waals surface area contributed by atoms with Crippen molar-refractivity contribution in [2.24, 2.45) is 5.92 Å². The Morgan fingerprint density at radius 1 is 1.38 bits per heavy atom. The van der Waals surface area contributed by atoms with Crippen molar-refractivity contribution < 1.29 is 22.4 Å². The largest absolute Gasteiger partial charge is 0.423 e. The molecule has 0 aliphatic carbocycles. The van der Waals surface area contributed by atoms with Crippen molar-refractivity contribution in [1.82, 2.24) is 15.1 Å². The molecule has 0 unspecified atom stereocenters. The Labute approximate surface area is 135 Å². The SMILES string of the molecule is O=C(Nc1cccc(-c2nnco2)c1)N1CCC[C@@H](C(F)(F)F)C1. The quantitative estimate of drug-likeness (QED) is 0.908. The number of alkyl halides is 3. The van der Waals surface area contributed by atoms with Gasteiger partial charge in [-0.05, 0) is 31.0 Å². The van der Waals surface area contributed by atoms with Gasteiger partial charge in [0, 0.05) is 24.3 Å². The molecule has 3 rings (SSSR count). The van der Waals surface area contributed by atoms with Gasteiger partial charge in [0.1, 0.15) is 0 Å². The Bertz CT molecular complexity index is 703. The highest BCUT2D eigenvalue weighted by molar-refractivity contribution is 5.90. The molecule has 0 bridgehead atoms. The van der Waals surface area contributed by atoms with Crippen LogP contribution < -0.4 is 5.32 Å². The molecule has 1 fully saturated rings. The minimum atomic E-state index is -4.28. The molecule has 1 aromatic carbocycles. The van der Waals surface area contributed by atoms with Crippen LogP contribution in [0.1, 0.15) is 12.8 Å². The number of hydrogen-bond donors (Lipinski definition) is 1. The number of rotatable bonds is 2. The Morgan fingerprint density at radius 2 is 2.21 bits per heavy atom. The van der Waals surface area contributed by atoms with Crippen molar-refractivity contribution in [3.05, 3.63) is 30.7 Å². The molecule has 24 heavy (non-hydrogen) atoms. The first-order valence-corrected chi connectivity index (χ1v) is 7.43. The van der Waals surface area contributed by atoms with Crippen LogP contribution in [-0.4, -0.2) is 40.4 Å². The average Bonchev–Trinajstić information content (AvgIpc) is 3.09. The molecule has 0 spiro atoms. The van der Waals surface area contributed by atoms with E-state index in [1.807, 2.05) is 0 Å². The number of carbonyl (C=O) groups excluding carboxylic acids is 1. The fourth-order valence-electron chi connectivity index (χ4n) is 2.66. The van der Waals surface area contributed by atoms with E-state index in [0.717, 1.165) is 0 Å². The number of urea groups is 1. The molecule has 2 amide bonds. The summed E-state index contributed by atoms with van der Waals surface area (Å²) in [6.45, 7) is -0.0134. The lowest BCUT2D eigenvalue weighted by atomic mass is 9.98. The normalized spacial score (nSPS) is 18.5. The van der Waals surface area contributed by atoms with E-state index in [9.17, 15) is 18.0 Å². The molecule has 1 N–H and O–H groups in total. The Kier molecular flexibility index (Phi) is 4.41. The van der Waals surface area contributed by atoms with Crippen LogP contribution in [0.3, 0.4) is 0 Å². The van der Waals surface area contributed by atoms with Crippen molar-refractivity contribution in [2.45, 2.75) is 19.0 Å². The zero-order valence-corrected chi connectivity index (χ0v) is 12.6. The summed E-state index contributed by atoms with van der Waals surface area (Å²) in [5, 5.41) is 9.96. The van der Waals surface area contributed by atoms with Crippen LogP contribution in [0.2, 0.25) is 0 Å². The summed E-state index contributed by atoms with van der Waals surface area (Å²) >= 11 is 0. The van der Waals surface area contributed by atoms with Crippen LogP contribution in [0.15, 0.2) is 35.1 Å². The van der Waals surface area contributed by atoms with Crippen LogP contribution in [0, 0.1) is 5.92 Å². The first-order chi connectivity index (χ1) is 11.4. The number of hydrogen-bond acceptors (Lipinski definition) is 4. The van der Waals surface area contributed by atoms with E-state index in [1.54, 1.807) is 24.3 Å². The van der Waals surface area contributed by atoms with E-state index in [1.165, 1.54) is 11.3 Å². The molecule has 1 saturated heterocycles. The van der Waals surface area contributed by atoms with Gasteiger partial charge in [-0.3, -0.25) is 0 Å². The third-order valence-electron chi connectivity index (χ3n) is 3.89. The van der Waals surface area contributed by atoms with Gasteiger partial charge in [-0.15, -0.1) is 10.2 Å². The second-order valence-electron chi connectivity index (χ2n) is 5.58. The number of amides is 2. The summed E-state index contributed by atoms with van der Waals surface area (Å²) in [5.74, 6) is -1.18. The summed E-state index contributed by atoms with van der Waals surface area (Å²) in [6.07, 6.45) is -2.71. The topological polar surface area (TPSA) is 71.3 Å². The highest BCUT2D eigenvalue weighted by atomic mass is 19.4. The molecule has 2 aromatic rings. The molecule has 1 aliphatic rings. The van der Waals surface area contributed by atoms with Crippen LogP contribution in [0.4, 0.5) is 23.7 Å². The number of nitrogens with zero attached hydrogens (tertiary/aromatic N) is 3. The Hall–Kier alpha value is -2.58. The highest BCUT2D eigenvalue weighted by Gasteiger charge is 2.42. The molecular weight excluding hydrogens is 325 g/mol. The molecule has 1 aromatic heterocycles. The van der Waals surface area contributed by atoms with Crippen LogP contribution in [0.5, 0.6) is 0 Å². The maximum atomic E-state index is 12.8. The highest BCUT2D eigenvalue weighted by Crippen LogP contribution is 2.33. The van der Waals surface area contributed by atoms with Crippen molar-refractivity contribution in [3.63, 3.8) is 0 Å². The molecule has 9 heteroatoms. The number of carbonyl (C=O) groups is 1. The Morgan fingerprint density at radius 3 is 2.92 bits per heavy atom. The monoisotopic (exact) mass is 340 g/mol. The van der Waals surface area contributed by atoms with Gasteiger partial charge in [0.2, 0.25) is 12.3 Å². The van der Waals surface area contributed by atoms with Gasteiger partial charge in [0.15, 0.2) is 0 Å². The minimum absolute atomic E-state index is 0.0555. The van der Waals surface area contributed by atoms with Gasteiger partial charge in [-0.1, -0.05) is 6.07 Å². The molecule has 6 nitrogen and oxygen atoms in total. The standard InChI is InChI=1S/C15H15F3N4O2/c16-15(17,18)11-4-2-6-22(8-11)14(23)20-12-5-1-3-10(7-12)13-21-19-9-24-13/h1,3,5,7,9,11H,2,4,6,8H2,(H,20,23)/t11-/m1/s1. The lowest BCUT2D eigenvalue weighted by molar-refractivity contribution is -0.183. The number of anilines is 1. The molecular formula is C15H15F3N4O2. The maximum Gasteiger partial charge on any atom is 0.393 e. The van der Waals surface area contributed by atoms with Crippen molar-refractivity contribution in [3.8, 4) is 11.5 Å². The van der Waals surface area contributed by atoms with Crippen LogP contribution >= 0.6 is 0 Å². The number of likely N-dealkylation sites (tertiary alicyclic amines) is 1. The summed E-state index contributed by atoms with van der Waals surface area (Å²) in [7, 11) is 0. The molecule has 128 valence electrons. The van der Waals surface area contributed by atoms with E-state index in [4.69, 9.17) is 4.42 Å². The maximum absolute atomic E-state index is 12.8. The first kappa shape index (κ1) is 16.3. The second kappa shape index (κ2) is 6.50. The van der Waals surface area contributed by atoms with E-state index < -0.39 is 18.1 Å². The number of nitrogens with one attached hydrogen (secondary N) is 1. The van der Waals surface area contributed by atoms with Gasteiger partial charge < -0.3 is 14.6 Å². The predicted octanol–water partition coefficient (Wildman–Crippen LogP) is 3.54. The summed E-state index contributed by atoms with van der Waals surface area (Å²) in [6, 6.07) is 6.12. The van der Waals surface area contributed by atoms with Crippen molar-refractivity contribution in [1.29, 1.82) is 0 Å². The van der Waals surface area contributed by atoms with Gasteiger partial charge in [0.05, 0.1) is 5.92 Å². The van der Waals surface area contributed by atoms with Crippen molar-refractivity contribution in [2.75, 3.05) is 18.4 Å². The third-order valence-corrected chi connectivity index (χ3v) is 3.89. The summed E-state index contributed by atoms with van der Waals surface area (Å²) < 4.78 is 43.6. The summed E-state index contributed by atoms with van der Waals surface area (Å²) in [4.78, 5) is 13.4. The van der Waals surface area contributed by atoms with Gasteiger partial charge in [0.25, 0.3) is 0 Å². The van der Waals surface area contributed by atoms with E-state index in [-0.39, 0.29) is 13.0 Å². The number of halogens is 3. The van der Waals surface area contributed by atoms with E-state index in [2.05, 4.69) is 15.5 Å².